The van der Waals surface area contributed by atoms with Crippen LogP contribution in [0, 0.1) is 10.1 Å². The Morgan fingerprint density at radius 2 is 2.13 bits per heavy atom. The molecule has 0 saturated carbocycles. The van der Waals surface area contributed by atoms with Crippen LogP contribution in [-0.2, 0) is 6.54 Å². The first-order valence-electron chi connectivity index (χ1n) is 6.70. The van der Waals surface area contributed by atoms with Crippen molar-refractivity contribution >= 4 is 28.7 Å². The second-order valence-corrected chi connectivity index (χ2v) is 5.24. The Hall–Kier alpha value is -2.93. The molecule has 0 fully saturated rings. The van der Waals surface area contributed by atoms with E-state index in [1.165, 1.54) is 18.2 Å². The summed E-state index contributed by atoms with van der Waals surface area (Å²) in [7, 11) is 0. The van der Waals surface area contributed by atoms with Gasteiger partial charge in [-0.15, -0.1) is 0 Å². The number of hydrogen-bond donors (Lipinski definition) is 1. The van der Waals surface area contributed by atoms with Crippen molar-refractivity contribution in [2.24, 2.45) is 0 Å². The largest absolute Gasteiger partial charge is 0.346 e. The summed E-state index contributed by atoms with van der Waals surface area (Å²) in [6.07, 6.45) is 1.79. The molecule has 7 nitrogen and oxygen atoms in total. The standard InChI is InChI=1S/C15H11ClN4O3/c16-10-4-5-14(20(22)23)13(7-10)15(21)17-9-11-8-12-3-1-2-6-19(12)18-11/h1-8H,9H2,(H,17,21). The van der Waals surface area contributed by atoms with Crippen LogP contribution in [0.5, 0.6) is 0 Å². The van der Waals surface area contributed by atoms with Gasteiger partial charge in [-0.1, -0.05) is 17.7 Å². The van der Waals surface area contributed by atoms with Crippen LogP contribution in [0.4, 0.5) is 5.69 Å². The summed E-state index contributed by atoms with van der Waals surface area (Å²) in [5.41, 5.74) is 1.17. The molecule has 2 heterocycles. The van der Waals surface area contributed by atoms with Crippen LogP contribution in [0.25, 0.3) is 5.52 Å². The third-order valence-corrected chi connectivity index (χ3v) is 3.49. The zero-order valence-corrected chi connectivity index (χ0v) is 12.5. The highest BCUT2D eigenvalue weighted by molar-refractivity contribution is 6.31. The lowest BCUT2D eigenvalue weighted by Crippen LogP contribution is -2.24. The molecular formula is C15H11ClN4O3. The lowest BCUT2D eigenvalue weighted by Gasteiger charge is -2.04. The van der Waals surface area contributed by atoms with Crippen molar-refractivity contribution in [3.05, 3.63) is 75.1 Å². The van der Waals surface area contributed by atoms with E-state index in [-0.39, 0.29) is 22.8 Å². The van der Waals surface area contributed by atoms with Crippen LogP contribution in [0.1, 0.15) is 16.1 Å². The number of amides is 1. The summed E-state index contributed by atoms with van der Waals surface area (Å²) in [6.45, 7) is 0.157. The molecule has 2 aromatic heterocycles. The number of fused-ring (bicyclic) bond motifs is 1. The number of nitrogens with one attached hydrogen (secondary N) is 1. The van der Waals surface area contributed by atoms with E-state index in [1.54, 1.807) is 10.7 Å². The highest BCUT2D eigenvalue weighted by Gasteiger charge is 2.20. The molecule has 0 unspecified atom stereocenters. The van der Waals surface area contributed by atoms with E-state index >= 15 is 0 Å². The molecule has 0 aliphatic heterocycles. The molecular weight excluding hydrogens is 320 g/mol. The van der Waals surface area contributed by atoms with E-state index in [0.717, 1.165) is 5.52 Å². The van der Waals surface area contributed by atoms with Crippen molar-refractivity contribution in [3.63, 3.8) is 0 Å². The Labute approximate surface area is 135 Å². The number of carbonyl (C=O) groups is 1. The molecule has 0 spiro atoms. The summed E-state index contributed by atoms with van der Waals surface area (Å²) < 4.78 is 1.68. The number of nitro benzene ring substituents is 1. The van der Waals surface area contributed by atoms with E-state index in [1.807, 2.05) is 24.3 Å². The molecule has 0 aliphatic carbocycles. The first-order valence-corrected chi connectivity index (χ1v) is 7.08. The smallest absolute Gasteiger partial charge is 0.282 e. The Bertz CT molecular complexity index is 874. The lowest BCUT2D eigenvalue weighted by molar-refractivity contribution is -0.385. The molecule has 3 rings (SSSR count). The third-order valence-electron chi connectivity index (χ3n) is 3.25. The highest BCUT2D eigenvalue weighted by Crippen LogP contribution is 2.22. The minimum atomic E-state index is -0.615. The van der Waals surface area contributed by atoms with Gasteiger partial charge in [0.15, 0.2) is 0 Å². The van der Waals surface area contributed by atoms with Gasteiger partial charge in [-0.3, -0.25) is 14.9 Å². The summed E-state index contributed by atoms with van der Waals surface area (Å²) in [5.74, 6) is -0.573. The number of pyridine rings is 1. The summed E-state index contributed by atoms with van der Waals surface area (Å²) in [6, 6.07) is 11.3. The van der Waals surface area contributed by atoms with Crippen LogP contribution in [-0.4, -0.2) is 20.4 Å². The number of aromatic nitrogens is 2. The highest BCUT2D eigenvalue weighted by atomic mass is 35.5. The molecule has 8 heteroatoms. The molecule has 1 N–H and O–H groups in total. The molecule has 116 valence electrons. The van der Waals surface area contributed by atoms with E-state index in [4.69, 9.17) is 11.6 Å². The topological polar surface area (TPSA) is 89.5 Å². The monoisotopic (exact) mass is 330 g/mol. The number of hydrogen-bond acceptors (Lipinski definition) is 4. The van der Waals surface area contributed by atoms with Crippen molar-refractivity contribution in [2.45, 2.75) is 6.54 Å². The minimum Gasteiger partial charge on any atom is -0.346 e. The van der Waals surface area contributed by atoms with Gasteiger partial charge in [-0.25, -0.2) is 4.52 Å². The molecule has 3 aromatic rings. The first-order chi connectivity index (χ1) is 11.0. The first kappa shape index (κ1) is 15.0. The average molecular weight is 331 g/mol. The summed E-state index contributed by atoms with van der Waals surface area (Å²) in [4.78, 5) is 22.6. The zero-order valence-electron chi connectivity index (χ0n) is 11.8. The summed E-state index contributed by atoms with van der Waals surface area (Å²) in [5, 5.41) is 18.2. The zero-order chi connectivity index (χ0) is 16.4. The molecule has 0 aliphatic rings. The molecule has 23 heavy (non-hydrogen) atoms. The van der Waals surface area contributed by atoms with Crippen molar-refractivity contribution in [1.82, 2.24) is 14.9 Å². The van der Waals surface area contributed by atoms with E-state index < -0.39 is 10.8 Å². The molecule has 1 aromatic carbocycles. The van der Waals surface area contributed by atoms with Gasteiger partial charge in [0.25, 0.3) is 11.6 Å². The Balaban J connectivity index is 1.79. The number of benzene rings is 1. The van der Waals surface area contributed by atoms with Crippen LogP contribution >= 0.6 is 11.6 Å². The number of halogens is 1. The maximum atomic E-state index is 12.2. The number of rotatable bonds is 4. The minimum absolute atomic E-state index is 0.0775. The van der Waals surface area contributed by atoms with Gasteiger partial charge in [-0.05, 0) is 30.3 Å². The lowest BCUT2D eigenvalue weighted by atomic mass is 10.1. The number of carbonyl (C=O) groups excluding carboxylic acids is 1. The van der Waals surface area contributed by atoms with Crippen molar-refractivity contribution in [1.29, 1.82) is 0 Å². The van der Waals surface area contributed by atoms with E-state index in [0.29, 0.717) is 5.69 Å². The quantitative estimate of drug-likeness (QED) is 0.588. The van der Waals surface area contributed by atoms with E-state index in [2.05, 4.69) is 10.4 Å². The van der Waals surface area contributed by atoms with Gasteiger partial charge >= 0.3 is 0 Å². The van der Waals surface area contributed by atoms with Crippen LogP contribution in [0.2, 0.25) is 5.02 Å². The fourth-order valence-corrected chi connectivity index (χ4v) is 2.36. The van der Waals surface area contributed by atoms with Crippen LogP contribution in [0.15, 0.2) is 48.7 Å². The maximum Gasteiger partial charge on any atom is 0.282 e. The van der Waals surface area contributed by atoms with Gasteiger partial charge < -0.3 is 5.32 Å². The summed E-state index contributed by atoms with van der Waals surface area (Å²) >= 11 is 5.82. The number of nitrogens with zero attached hydrogens (tertiary/aromatic N) is 3. The van der Waals surface area contributed by atoms with Gasteiger partial charge in [-0.2, -0.15) is 5.10 Å². The maximum absolute atomic E-state index is 12.2. The van der Waals surface area contributed by atoms with Crippen molar-refractivity contribution in [3.8, 4) is 0 Å². The average Bonchev–Trinajstić information content (AvgIpc) is 2.95. The molecule has 0 atom stereocenters. The normalized spacial score (nSPS) is 10.7. The van der Waals surface area contributed by atoms with Crippen molar-refractivity contribution < 1.29 is 9.72 Å². The van der Waals surface area contributed by atoms with Crippen LogP contribution in [0.3, 0.4) is 0 Å². The third kappa shape index (κ3) is 3.14. The van der Waals surface area contributed by atoms with E-state index in [9.17, 15) is 14.9 Å². The van der Waals surface area contributed by atoms with Gasteiger partial charge in [0.2, 0.25) is 0 Å². The van der Waals surface area contributed by atoms with Crippen molar-refractivity contribution in [2.75, 3.05) is 0 Å². The molecule has 0 radical (unpaired) electrons. The Morgan fingerprint density at radius 3 is 2.87 bits per heavy atom. The Kier molecular flexibility index (Phi) is 3.94. The van der Waals surface area contributed by atoms with Gasteiger partial charge in [0.1, 0.15) is 5.56 Å². The van der Waals surface area contributed by atoms with Crippen LogP contribution < -0.4 is 5.32 Å². The number of nitro groups is 1. The second kappa shape index (κ2) is 6.05. The van der Waals surface area contributed by atoms with Gasteiger partial charge in [0.05, 0.1) is 22.7 Å². The predicted octanol–water partition coefficient (Wildman–Crippen LogP) is 2.83. The molecule has 0 saturated heterocycles. The fraction of sp³-hybridized carbons (Fsp3) is 0.0667. The molecule has 1 amide bonds. The SMILES string of the molecule is O=C(NCc1cc2ccccn2n1)c1cc(Cl)ccc1[N+](=O)[O-]. The predicted molar refractivity (Wildman–Crippen MR) is 84.5 cm³/mol. The Morgan fingerprint density at radius 1 is 1.30 bits per heavy atom. The second-order valence-electron chi connectivity index (χ2n) is 4.81. The van der Waals surface area contributed by atoms with Gasteiger partial charge in [0, 0.05) is 17.3 Å². The fourth-order valence-electron chi connectivity index (χ4n) is 2.19. The molecule has 0 bridgehead atoms.